The van der Waals surface area contributed by atoms with Crippen LogP contribution in [0, 0.1) is 23.0 Å². The molecule has 0 aromatic heterocycles. The van der Waals surface area contributed by atoms with Crippen LogP contribution in [0.2, 0.25) is 0 Å². The Morgan fingerprint density at radius 3 is 2.39 bits per heavy atom. The number of benzene rings is 1. The quantitative estimate of drug-likeness (QED) is 0.849. The molecule has 0 bridgehead atoms. The molecule has 1 fully saturated rings. The van der Waals surface area contributed by atoms with E-state index in [-0.39, 0.29) is 23.3 Å². The van der Waals surface area contributed by atoms with E-state index in [1.807, 2.05) is 0 Å². The smallest absolute Gasteiger partial charge is 0.150 e. The van der Waals surface area contributed by atoms with Crippen LogP contribution in [0.1, 0.15) is 31.2 Å². The largest absolute Gasteiger partial charge is 0.376 e. The predicted molar refractivity (Wildman–Crippen MR) is 64.9 cm³/mol. The lowest BCUT2D eigenvalue weighted by molar-refractivity contribution is 0.401. The molecule has 18 heavy (non-hydrogen) atoms. The highest BCUT2D eigenvalue weighted by Crippen LogP contribution is 2.25. The summed E-state index contributed by atoms with van der Waals surface area (Å²) in [5.41, 5.74) is 5.71. The van der Waals surface area contributed by atoms with Crippen LogP contribution < -0.4 is 11.1 Å². The van der Waals surface area contributed by atoms with Crippen molar-refractivity contribution in [2.45, 2.75) is 37.8 Å². The van der Waals surface area contributed by atoms with Crippen molar-refractivity contribution in [3.05, 3.63) is 29.3 Å². The minimum absolute atomic E-state index is 0.0245. The van der Waals surface area contributed by atoms with E-state index in [4.69, 9.17) is 11.0 Å². The van der Waals surface area contributed by atoms with Gasteiger partial charge in [-0.1, -0.05) is 12.8 Å². The second-order valence-electron chi connectivity index (χ2n) is 4.63. The third-order valence-corrected chi connectivity index (χ3v) is 3.32. The summed E-state index contributed by atoms with van der Waals surface area (Å²) in [4.78, 5) is 0. The van der Waals surface area contributed by atoms with Crippen molar-refractivity contribution in [3.63, 3.8) is 0 Å². The van der Waals surface area contributed by atoms with Gasteiger partial charge in [0.15, 0.2) is 11.6 Å². The molecule has 1 aromatic carbocycles. The van der Waals surface area contributed by atoms with Crippen molar-refractivity contribution in [1.29, 1.82) is 5.26 Å². The van der Waals surface area contributed by atoms with Crippen molar-refractivity contribution >= 4 is 5.69 Å². The average Bonchev–Trinajstić information content (AvgIpc) is 2.35. The molecule has 2 rings (SSSR count). The molecule has 0 radical (unpaired) electrons. The van der Waals surface area contributed by atoms with Gasteiger partial charge >= 0.3 is 0 Å². The molecular weight excluding hydrogens is 236 g/mol. The number of rotatable bonds is 2. The van der Waals surface area contributed by atoms with E-state index in [0.29, 0.717) is 0 Å². The van der Waals surface area contributed by atoms with E-state index in [1.165, 1.54) is 0 Å². The highest BCUT2D eigenvalue weighted by molar-refractivity contribution is 5.51. The van der Waals surface area contributed by atoms with Crippen molar-refractivity contribution in [3.8, 4) is 6.07 Å². The van der Waals surface area contributed by atoms with Gasteiger partial charge in [0, 0.05) is 12.1 Å². The van der Waals surface area contributed by atoms with Gasteiger partial charge in [-0.2, -0.15) is 5.26 Å². The first-order chi connectivity index (χ1) is 8.61. The molecule has 1 aliphatic rings. The summed E-state index contributed by atoms with van der Waals surface area (Å²) in [5.74, 6) is -1.49. The maximum absolute atomic E-state index is 13.7. The first kappa shape index (κ1) is 12.8. The Balaban J connectivity index is 2.21. The molecule has 0 aliphatic heterocycles. The lowest BCUT2D eigenvalue weighted by atomic mass is 9.91. The summed E-state index contributed by atoms with van der Waals surface area (Å²) >= 11 is 0. The Labute approximate surface area is 105 Å². The van der Waals surface area contributed by atoms with E-state index in [9.17, 15) is 8.78 Å². The van der Waals surface area contributed by atoms with Crippen molar-refractivity contribution < 1.29 is 8.78 Å². The number of hydrogen-bond acceptors (Lipinski definition) is 3. The number of nitrogens with two attached hydrogens (primary N) is 1. The Morgan fingerprint density at radius 1 is 1.22 bits per heavy atom. The van der Waals surface area contributed by atoms with Gasteiger partial charge in [0.2, 0.25) is 0 Å². The first-order valence-corrected chi connectivity index (χ1v) is 6.03. The molecule has 1 saturated carbocycles. The predicted octanol–water partition coefficient (Wildman–Crippen LogP) is 2.52. The lowest BCUT2D eigenvalue weighted by Gasteiger charge is -2.30. The van der Waals surface area contributed by atoms with Gasteiger partial charge in [0.1, 0.15) is 5.69 Å². The zero-order chi connectivity index (χ0) is 13.1. The Hall–Kier alpha value is -1.67. The maximum Gasteiger partial charge on any atom is 0.150 e. The Bertz CT molecular complexity index is 459. The number of nitrogens with one attached hydrogen (secondary N) is 1. The van der Waals surface area contributed by atoms with Crippen molar-refractivity contribution in [2.24, 2.45) is 5.73 Å². The zero-order valence-electron chi connectivity index (χ0n) is 9.92. The SMILES string of the molecule is N#Cc1cc(F)c(N[C@@H]2CCCC[C@H]2N)c(F)c1. The molecule has 2 atom stereocenters. The summed E-state index contributed by atoms with van der Waals surface area (Å²) in [6, 6.07) is 3.57. The molecule has 0 unspecified atom stereocenters. The van der Waals surface area contributed by atoms with E-state index in [1.54, 1.807) is 6.07 Å². The van der Waals surface area contributed by atoms with E-state index >= 15 is 0 Å². The number of halogens is 2. The standard InChI is InChI=1S/C13H15F2N3/c14-9-5-8(7-16)6-10(15)13(9)18-12-4-2-1-3-11(12)17/h5-6,11-12,18H,1-4,17H2/t11-,12-/m1/s1. The monoisotopic (exact) mass is 251 g/mol. The second kappa shape index (κ2) is 5.32. The fraction of sp³-hybridized carbons (Fsp3) is 0.462. The molecule has 1 aliphatic carbocycles. The molecule has 3 nitrogen and oxygen atoms in total. The second-order valence-corrected chi connectivity index (χ2v) is 4.63. The summed E-state index contributed by atoms with van der Waals surface area (Å²) in [6.07, 6.45) is 3.72. The van der Waals surface area contributed by atoms with Crippen LogP contribution in [-0.4, -0.2) is 12.1 Å². The average molecular weight is 251 g/mol. The van der Waals surface area contributed by atoms with Gasteiger partial charge in [0.05, 0.1) is 11.6 Å². The molecule has 5 heteroatoms. The summed E-state index contributed by atoms with van der Waals surface area (Å²) in [5, 5.41) is 11.5. The summed E-state index contributed by atoms with van der Waals surface area (Å²) < 4.78 is 27.4. The van der Waals surface area contributed by atoms with E-state index in [0.717, 1.165) is 37.8 Å². The van der Waals surface area contributed by atoms with Crippen molar-refractivity contribution in [1.82, 2.24) is 0 Å². The lowest BCUT2D eigenvalue weighted by Crippen LogP contribution is -2.42. The van der Waals surface area contributed by atoms with Crippen LogP contribution in [0.4, 0.5) is 14.5 Å². The van der Waals surface area contributed by atoms with Crippen LogP contribution in [0.3, 0.4) is 0 Å². The van der Waals surface area contributed by atoms with E-state index < -0.39 is 11.6 Å². The Morgan fingerprint density at radius 2 is 1.83 bits per heavy atom. The van der Waals surface area contributed by atoms with E-state index in [2.05, 4.69) is 5.32 Å². The van der Waals surface area contributed by atoms with Gasteiger partial charge in [-0.25, -0.2) is 8.78 Å². The molecule has 0 amide bonds. The fourth-order valence-corrected chi connectivity index (χ4v) is 2.30. The van der Waals surface area contributed by atoms with Crippen LogP contribution in [0.5, 0.6) is 0 Å². The van der Waals surface area contributed by atoms with Crippen LogP contribution in [0.15, 0.2) is 12.1 Å². The number of anilines is 1. The van der Waals surface area contributed by atoms with Crippen LogP contribution >= 0.6 is 0 Å². The highest BCUT2D eigenvalue weighted by atomic mass is 19.1. The zero-order valence-corrected chi connectivity index (χ0v) is 9.92. The van der Waals surface area contributed by atoms with Gasteiger partial charge in [-0.15, -0.1) is 0 Å². The molecule has 0 saturated heterocycles. The van der Waals surface area contributed by atoms with Gasteiger partial charge in [0.25, 0.3) is 0 Å². The molecule has 3 N–H and O–H groups in total. The molecule has 1 aromatic rings. The number of nitriles is 1. The third kappa shape index (κ3) is 2.59. The molecule has 96 valence electrons. The molecule has 0 spiro atoms. The van der Waals surface area contributed by atoms with Crippen LogP contribution in [0.25, 0.3) is 0 Å². The topological polar surface area (TPSA) is 61.8 Å². The third-order valence-electron chi connectivity index (χ3n) is 3.32. The highest BCUT2D eigenvalue weighted by Gasteiger charge is 2.24. The summed E-state index contributed by atoms with van der Waals surface area (Å²) in [7, 11) is 0. The van der Waals surface area contributed by atoms with Crippen molar-refractivity contribution in [2.75, 3.05) is 5.32 Å². The van der Waals surface area contributed by atoms with Gasteiger partial charge < -0.3 is 11.1 Å². The van der Waals surface area contributed by atoms with Crippen LogP contribution in [-0.2, 0) is 0 Å². The molecular formula is C13H15F2N3. The number of hydrogen-bond donors (Lipinski definition) is 2. The van der Waals surface area contributed by atoms with Gasteiger partial charge in [-0.05, 0) is 25.0 Å². The maximum atomic E-state index is 13.7. The summed E-state index contributed by atoms with van der Waals surface area (Å²) in [6.45, 7) is 0. The molecule has 0 heterocycles. The Kier molecular flexibility index (Phi) is 3.78. The number of nitrogens with zero attached hydrogens (tertiary/aromatic N) is 1. The minimum Gasteiger partial charge on any atom is -0.376 e. The first-order valence-electron chi connectivity index (χ1n) is 6.03. The fourth-order valence-electron chi connectivity index (χ4n) is 2.30. The van der Waals surface area contributed by atoms with Gasteiger partial charge in [-0.3, -0.25) is 0 Å². The normalized spacial score (nSPS) is 23.4. The minimum atomic E-state index is -0.746.